The van der Waals surface area contributed by atoms with E-state index < -0.39 is 12.1 Å². The first-order valence-electron chi connectivity index (χ1n) is 16.9. The van der Waals surface area contributed by atoms with Crippen molar-refractivity contribution in [3.05, 3.63) is 89.0 Å². The number of para-hydroxylation sites is 1. The van der Waals surface area contributed by atoms with E-state index in [1.54, 1.807) is 0 Å². The molecule has 0 aromatic heterocycles. The van der Waals surface area contributed by atoms with Gasteiger partial charge >= 0.3 is 5.97 Å². The van der Waals surface area contributed by atoms with Crippen LogP contribution in [0.3, 0.4) is 0 Å². The molecule has 2 heterocycles. The van der Waals surface area contributed by atoms with Crippen LogP contribution in [0.1, 0.15) is 126 Å². The van der Waals surface area contributed by atoms with E-state index in [0.717, 1.165) is 37.9 Å². The summed E-state index contributed by atoms with van der Waals surface area (Å²) in [6.45, 7) is 6.64. The summed E-state index contributed by atoms with van der Waals surface area (Å²) in [6, 6.07) is 24.4. The van der Waals surface area contributed by atoms with Gasteiger partial charge in [-0.25, -0.2) is 4.79 Å². The Kier molecular flexibility index (Phi) is 11.0. The number of carboxylic acid groups (broad SMARTS) is 1. The van der Waals surface area contributed by atoms with E-state index in [0.29, 0.717) is 0 Å². The number of rotatable bonds is 18. The maximum absolute atomic E-state index is 11.6. The summed E-state index contributed by atoms with van der Waals surface area (Å²) in [6.07, 6.45) is 13.6. The highest BCUT2D eigenvalue weighted by molar-refractivity contribution is 5.76. The SMILES string of the molecule is CCCCCCCCc1ccc(-c2ccc(C3Oc4c3cccc4C(CCCCC)C(CC)[C@@H]3O[C@H]3C(=O)O)cc2)cc1. The Hall–Kier alpha value is -3.11. The minimum absolute atomic E-state index is 0.0657. The summed E-state index contributed by atoms with van der Waals surface area (Å²) < 4.78 is 12.2. The number of benzene rings is 3. The van der Waals surface area contributed by atoms with Gasteiger partial charge < -0.3 is 14.6 Å². The summed E-state index contributed by atoms with van der Waals surface area (Å²) in [7, 11) is 0. The van der Waals surface area contributed by atoms with Crippen molar-refractivity contribution < 1.29 is 19.4 Å². The van der Waals surface area contributed by atoms with Crippen LogP contribution in [0, 0.1) is 5.92 Å². The molecule has 0 bridgehead atoms. The first-order valence-corrected chi connectivity index (χ1v) is 16.9. The maximum atomic E-state index is 11.6. The fraction of sp³-hybridized carbons (Fsp3) is 0.513. The number of unbranched alkanes of at least 4 members (excludes halogenated alkanes) is 7. The van der Waals surface area contributed by atoms with Crippen molar-refractivity contribution in [1.82, 2.24) is 0 Å². The molecular formula is C39H50O4. The molecule has 4 heteroatoms. The molecule has 43 heavy (non-hydrogen) atoms. The fourth-order valence-corrected chi connectivity index (χ4v) is 7.01. The minimum atomic E-state index is -0.847. The molecule has 1 fully saturated rings. The van der Waals surface area contributed by atoms with Gasteiger partial charge in [-0.05, 0) is 58.9 Å². The Labute approximate surface area is 258 Å². The Morgan fingerprint density at radius 3 is 2.09 bits per heavy atom. The zero-order chi connectivity index (χ0) is 30.2. The van der Waals surface area contributed by atoms with E-state index in [4.69, 9.17) is 9.47 Å². The van der Waals surface area contributed by atoms with Crippen molar-refractivity contribution in [3.63, 3.8) is 0 Å². The van der Waals surface area contributed by atoms with Crippen LogP contribution in [0.2, 0.25) is 0 Å². The van der Waals surface area contributed by atoms with E-state index in [1.807, 2.05) is 0 Å². The summed E-state index contributed by atoms with van der Waals surface area (Å²) >= 11 is 0. The minimum Gasteiger partial charge on any atom is -0.480 e. The average Bonchev–Trinajstić information content (AvgIpc) is 3.81. The molecule has 0 spiro atoms. The highest BCUT2D eigenvalue weighted by atomic mass is 16.6. The second-order valence-electron chi connectivity index (χ2n) is 12.6. The molecule has 230 valence electrons. The van der Waals surface area contributed by atoms with Crippen molar-refractivity contribution >= 4 is 5.97 Å². The highest BCUT2D eigenvalue weighted by Gasteiger charge is 2.52. The summed E-state index contributed by atoms with van der Waals surface area (Å²) in [5.41, 5.74) is 7.51. The van der Waals surface area contributed by atoms with E-state index >= 15 is 0 Å². The van der Waals surface area contributed by atoms with Crippen LogP contribution in [0.5, 0.6) is 5.75 Å². The maximum Gasteiger partial charge on any atom is 0.335 e. The molecular weight excluding hydrogens is 532 g/mol. The van der Waals surface area contributed by atoms with Crippen LogP contribution in [-0.2, 0) is 16.0 Å². The zero-order valence-electron chi connectivity index (χ0n) is 26.4. The molecule has 2 aliphatic heterocycles. The fourth-order valence-electron chi connectivity index (χ4n) is 7.01. The van der Waals surface area contributed by atoms with E-state index in [9.17, 15) is 9.90 Å². The lowest BCUT2D eigenvalue weighted by molar-refractivity contribution is -0.138. The van der Waals surface area contributed by atoms with E-state index in [2.05, 4.69) is 87.5 Å². The lowest BCUT2D eigenvalue weighted by Gasteiger charge is -2.37. The predicted octanol–water partition coefficient (Wildman–Crippen LogP) is 10.3. The van der Waals surface area contributed by atoms with Crippen LogP contribution in [0.4, 0.5) is 0 Å². The van der Waals surface area contributed by atoms with Crippen LogP contribution < -0.4 is 4.74 Å². The second-order valence-corrected chi connectivity index (χ2v) is 12.6. The summed E-state index contributed by atoms with van der Waals surface area (Å²) in [4.78, 5) is 11.6. The number of carboxylic acids is 1. The molecule has 1 saturated heterocycles. The quantitative estimate of drug-likeness (QED) is 0.120. The molecule has 1 N–H and O–H groups in total. The number of ether oxygens (including phenoxy) is 2. The molecule has 0 saturated carbocycles. The van der Waals surface area contributed by atoms with Crippen LogP contribution >= 0.6 is 0 Å². The number of aliphatic carboxylic acids is 1. The van der Waals surface area contributed by atoms with Gasteiger partial charge in [0.25, 0.3) is 0 Å². The molecule has 2 aliphatic rings. The number of aryl methyl sites for hydroxylation is 1. The molecule has 5 atom stereocenters. The molecule has 3 aromatic rings. The van der Waals surface area contributed by atoms with Crippen LogP contribution in [-0.4, -0.2) is 23.3 Å². The largest absolute Gasteiger partial charge is 0.480 e. The Balaban J connectivity index is 1.25. The first kappa shape index (κ1) is 31.3. The Morgan fingerprint density at radius 2 is 1.44 bits per heavy atom. The monoisotopic (exact) mass is 582 g/mol. The number of epoxide rings is 1. The van der Waals surface area contributed by atoms with Crippen molar-refractivity contribution in [1.29, 1.82) is 0 Å². The van der Waals surface area contributed by atoms with Crippen molar-refractivity contribution in [2.45, 2.75) is 122 Å². The molecule has 3 aromatic carbocycles. The van der Waals surface area contributed by atoms with Gasteiger partial charge in [0.05, 0.1) is 6.10 Å². The van der Waals surface area contributed by atoms with Gasteiger partial charge in [0, 0.05) is 5.56 Å². The molecule has 0 radical (unpaired) electrons. The normalized spacial score (nSPS) is 20.0. The lowest BCUT2D eigenvalue weighted by atomic mass is 9.76. The van der Waals surface area contributed by atoms with Gasteiger partial charge in [-0.1, -0.05) is 145 Å². The Morgan fingerprint density at radius 1 is 0.791 bits per heavy atom. The van der Waals surface area contributed by atoms with Crippen molar-refractivity contribution in [3.8, 4) is 16.9 Å². The van der Waals surface area contributed by atoms with Crippen molar-refractivity contribution in [2.24, 2.45) is 5.92 Å². The van der Waals surface area contributed by atoms with Gasteiger partial charge in [0.15, 0.2) is 12.2 Å². The second kappa shape index (κ2) is 15.1. The first-order chi connectivity index (χ1) is 21.0. The summed E-state index contributed by atoms with van der Waals surface area (Å²) in [5.74, 6) is 0.544. The van der Waals surface area contributed by atoms with Gasteiger partial charge in [0.1, 0.15) is 5.75 Å². The smallest absolute Gasteiger partial charge is 0.335 e. The third-order valence-corrected chi connectivity index (χ3v) is 9.61. The van der Waals surface area contributed by atoms with Gasteiger partial charge in [-0.2, -0.15) is 0 Å². The highest BCUT2D eigenvalue weighted by Crippen LogP contribution is 2.52. The predicted molar refractivity (Wildman–Crippen MR) is 175 cm³/mol. The average molecular weight is 583 g/mol. The van der Waals surface area contributed by atoms with Crippen LogP contribution in [0.25, 0.3) is 11.1 Å². The van der Waals surface area contributed by atoms with E-state index in [1.165, 1.54) is 78.3 Å². The summed E-state index contributed by atoms with van der Waals surface area (Å²) in [5, 5.41) is 9.52. The number of hydrogen-bond donors (Lipinski definition) is 1. The van der Waals surface area contributed by atoms with Crippen molar-refractivity contribution in [2.75, 3.05) is 0 Å². The van der Waals surface area contributed by atoms with E-state index in [-0.39, 0.29) is 24.0 Å². The molecule has 4 nitrogen and oxygen atoms in total. The molecule has 5 rings (SSSR count). The molecule has 0 aliphatic carbocycles. The van der Waals surface area contributed by atoms with Crippen LogP contribution in [0.15, 0.2) is 66.7 Å². The standard InChI is InChI=1S/C39H50O4/c1-4-7-9-10-11-13-15-27-19-21-28(22-20-27)29-23-25-30(26-24-29)35-34-18-14-17-33(36(34)42-35)32(16-12-8-5-2)31(6-3)37-38(43-37)39(40)41/h14,17-26,31-32,35,37-38H,4-13,15-16H2,1-3H3,(H,40,41)/t31?,32?,35?,37-,38+/m0/s1. The van der Waals surface area contributed by atoms with Gasteiger partial charge in [-0.15, -0.1) is 0 Å². The topological polar surface area (TPSA) is 59.1 Å². The third kappa shape index (κ3) is 7.52. The zero-order valence-corrected chi connectivity index (χ0v) is 26.4. The lowest BCUT2D eigenvalue weighted by Crippen LogP contribution is -2.27. The Bertz CT molecular complexity index is 1310. The molecule has 3 unspecified atom stereocenters. The molecule has 0 amide bonds. The third-order valence-electron chi connectivity index (χ3n) is 9.61. The van der Waals surface area contributed by atoms with Gasteiger partial charge in [0.2, 0.25) is 0 Å². The van der Waals surface area contributed by atoms with Gasteiger partial charge in [-0.3, -0.25) is 0 Å². The number of carbonyl (C=O) groups is 1. The number of hydrogen-bond acceptors (Lipinski definition) is 3. The number of fused-ring (bicyclic) bond motifs is 1.